The van der Waals surface area contributed by atoms with Crippen molar-refractivity contribution in [1.29, 1.82) is 5.26 Å². The summed E-state index contributed by atoms with van der Waals surface area (Å²) in [4.78, 5) is 12.6. The number of allylic oxidation sites excluding steroid dienone is 2. The number of esters is 1. The second-order valence-corrected chi connectivity index (χ2v) is 8.18. The molecular formula is C23H19ClF3NO3. The second kappa shape index (κ2) is 8.64. The number of ether oxygens (including phenoxy) is 2. The van der Waals surface area contributed by atoms with Crippen molar-refractivity contribution in [2.24, 2.45) is 17.3 Å². The second-order valence-electron chi connectivity index (χ2n) is 7.77. The number of hydrogen-bond acceptors (Lipinski definition) is 4. The maximum Gasteiger partial charge on any atom is 0.426 e. The molecule has 0 bridgehead atoms. The van der Waals surface area contributed by atoms with Gasteiger partial charge in [-0.25, -0.2) is 0 Å². The van der Waals surface area contributed by atoms with Crippen molar-refractivity contribution in [2.75, 3.05) is 0 Å². The minimum absolute atomic E-state index is 0.392. The summed E-state index contributed by atoms with van der Waals surface area (Å²) in [6, 6.07) is 17.4. The van der Waals surface area contributed by atoms with Crippen molar-refractivity contribution in [3.8, 4) is 17.6 Å². The van der Waals surface area contributed by atoms with E-state index in [1.54, 1.807) is 50.2 Å². The lowest BCUT2D eigenvalue weighted by Gasteiger charge is -2.13. The molecule has 1 fully saturated rings. The maximum atomic E-state index is 12.7. The van der Waals surface area contributed by atoms with Crippen LogP contribution >= 0.6 is 11.6 Å². The monoisotopic (exact) mass is 449 g/mol. The largest absolute Gasteiger partial charge is 0.457 e. The van der Waals surface area contributed by atoms with Gasteiger partial charge in [0.25, 0.3) is 0 Å². The standard InChI is InChI=1S/C23H19ClF3NO3/c1-22(2)17(12-19(24)23(25,26)27)20(22)21(29)31-18(13-28)14-7-6-10-16(11-14)30-15-8-4-3-5-9-15/h3-12,17-18,20H,1-2H3/b19-12-/t17-,18-,20+/m1/s1. The van der Waals surface area contributed by atoms with Crippen LogP contribution in [-0.4, -0.2) is 12.1 Å². The molecule has 2 aromatic carbocycles. The van der Waals surface area contributed by atoms with Crippen molar-refractivity contribution in [2.45, 2.75) is 26.1 Å². The average Bonchev–Trinajstić information content (AvgIpc) is 3.26. The Morgan fingerprint density at radius 2 is 1.81 bits per heavy atom. The molecule has 0 aliphatic heterocycles. The lowest BCUT2D eigenvalue weighted by atomic mass is 10.1. The molecule has 0 unspecified atom stereocenters. The van der Waals surface area contributed by atoms with E-state index in [2.05, 4.69) is 0 Å². The van der Waals surface area contributed by atoms with Crippen molar-refractivity contribution < 1.29 is 27.4 Å². The summed E-state index contributed by atoms with van der Waals surface area (Å²) in [5.41, 5.74) is -0.371. The first-order valence-corrected chi connectivity index (χ1v) is 9.79. The van der Waals surface area contributed by atoms with E-state index in [0.717, 1.165) is 6.08 Å². The molecule has 3 rings (SSSR count). The summed E-state index contributed by atoms with van der Waals surface area (Å²) in [5.74, 6) is -1.27. The zero-order valence-electron chi connectivity index (χ0n) is 16.7. The molecule has 0 spiro atoms. The van der Waals surface area contributed by atoms with Gasteiger partial charge in [0.1, 0.15) is 22.6 Å². The normalized spacial score (nSPS) is 21.0. The fourth-order valence-electron chi connectivity index (χ4n) is 3.42. The van der Waals surface area contributed by atoms with Gasteiger partial charge in [-0.05, 0) is 35.6 Å². The summed E-state index contributed by atoms with van der Waals surface area (Å²) < 4.78 is 49.2. The van der Waals surface area contributed by atoms with Gasteiger partial charge in [-0.1, -0.05) is 61.9 Å². The van der Waals surface area contributed by atoms with Gasteiger partial charge in [0.15, 0.2) is 0 Å². The number of rotatable bonds is 6. The number of hydrogen-bond donors (Lipinski definition) is 0. The summed E-state index contributed by atoms with van der Waals surface area (Å²) in [7, 11) is 0. The Bertz CT molecular complexity index is 1030. The quantitative estimate of drug-likeness (QED) is 0.469. The molecule has 0 saturated heterocycles. The summed E-state index contributed by atoms with van der Waals surface area (Å²) in [5, 5.41) is 8.23. The average molecular weight is 450 g/mol. The van der Waals surface area contributed by atoms with Crippen molar-refractivity contribution in [1.82, 2.24) is 0 Å². The number of nitrogens with zero attached hydrogens (tertiary/aromatic N) is 1. The van der Waals surface area contributed by atoms with E-state index in [4.69, 9.17) is 21.1 Å². The number of carbonyl (C=O) groups excluding carboxylic acids is 1. The highest BCUT2D eigenvalue weighted by Crippen LogP contribution is 2.60. The maximum absolute atomic E-state index is 12.7. The van der Waals surface area contributed by atoms with Gasteiger partial charge in [0.05, 0.1) is 5.92 Å². The molecule has 1 saturated carbocycles. The van der Waals surface area contributed by atoms with Crippen LogP contribution in [0.15, 0.2) is 65.7 Å². The van der Waals surface area contributed by atoms with Crippen molar-refractivity contribution in [3.05, 3.63) is 71.3 Å². The van der Waals surface area contributed by atoms with Gasteiger partial charge in [-0.15, -0.1) is 0 Å². The summed E-state index contributed by atoms with van der Waals surface area (Å²) >= 11 is 5.32. The third kappa shape index (κ3) is 5.20. The van der Waals surface area contributed by atoms with E-state index in [1.165, 1.54) is 0 Å². The molecule has 0 N–H and O–H groups in total. The predicted molar refractivity (Wildman–Crippen MR) is 108 cm³/mol. The SMILES string of the molecule is CC1(C)[C@H](/C=C(\Cl)C(F)(F)F)[C@H]1C(=O)O[C@H](C#N)c1cccc(Oc2ccccc2)c1. The van der Waals surface area contributed by atoms with Crippen LogP contribution in [0.2, 0.25) is 0 Å². The van der Waals surface area contributed by atoms with Crippen LogP contribution in [0.1, 0.15) is 25.5 Å². The zero-order chi connectivity index (χ0) is 22.8. The molecule has 0 aromatic heterocycles. The fraction of sp³-hybridized carbons (Fsp3) is 0.304. The van der Waals surface area contributed by atoms with Crippen molar-refractivity contribution in [3.63, 3.8) is 0 Å². The first-order chi connectivity index (χ1) is 14.5. The molecule has 3 atom stereocenters. The molecule has 1 aliphatic rings. The van der Waals surface area contributed by atoms with Crippen LogP contribution in [0, 0.1) is 28.6 Å². The lowest BCUT2D eigenvalue weighted by Crippen LogP contribution is -2.14. The van der Waals surface area contributed by atoms with Crippen molar-refractivity contribution >= 4 is 17.6 Å². The fourth-order valence-corrected chi connectivity index (χ4v) is 3.55. The van der Waals surface area contributed by atoms with E-state index in [9.17, 15) is 23.2 Å². The van der Waals surface area contributed by atoms with Gasteiger partial charge >= 0.3 is 12.1 Å². The Morgan fingerprint density at radius 1 is 1.16 bits per heavy atom. The van der Waals surface area contributed by atoms with Crippen LogP contribution in [-0.2, 0) is 9.53 Å². The van der Waals surface area contributed by atoms with Gasteiger partial charge in [0, 0.05) is 5.56 Å². The highest BCUT2D eigenvalue weighted by Gasteiger charge is 2.62. The third-order valence-electron chi connectivity index (χ3n) is 5.25. The molecular weight excluding hydrogens is 431 g/mol. The van der Waals surface area contributed by atoms with E-state index >= 15 is 0 Å². The highest BCUT2D eigenvalue weighted by molar-refractivity contribution is 6.30. The Balaban J connectivity index is 1.72. The van der Waals surface area contributed by atoms with E-state index in [0.29, 0.717) is 17.1 Å². The Labute approximate surface area is 182 Å². The van der Waals surface area contributed by atoms with Gasteiger partial charge < -0.3 is 9.47 Å². The molecule has 162 valence electrons. The van der Waals surface area contributed by atoms with Crippen LogP contribution in [0.4, 0.5) is 13.2 Å². The van der Waals surface area contributed by atoms with Gasteiger partial charge in [0.2, 0.25) is 6.10 Å². The van der Waals surface area contributed by atoms with E-state index < -0.39 is 40.5 Å². The van der Waals surface area contributed by atoms with Gasteiger partial charge in [-0.3, -0.25) is 4.79 Å². The first-order valence-electron chi connectivity index (χ1n) is 9.41. The molecule has 0 radical (unpaired) electrons. The minimum atomic E-state index is -4.68. The van der Waals surface area contributed by atoms with Gasteiger partial charge in [-0.2, -0.15) is 18.4 Å². The van der Waals surface area contributed by atoms with Crippen LogP contribution < -0.4 is 4.74 Å². The Hall–Kier alpha value is -2.98. The number of halogens is 4. The van der Waals surface area contributed by atoms with Crippen LogP contribution in [0.25, 0.3) is 0 Å². The van der Waals surface area contributed by atoms with Crippen LogP contribution in [0.5, 0.6) is 11.5 Å². The number of para-hydroxylation sites is 1. The number of alkyl halides is 3. The molecule has 0 amide bonds. The molecule has 31 heavy (non-hydrogen) atoms. The lowest BCUT2D eigenvalue weighted by molar-refractivity contribution is -0.149. The predicted octanol–water partition coefficient (Wildman–Crippen LogP) is 6.54. The van der Waals surface area contributed by atoms with E-state index in [1.807, 2.05) is 24.3 Å². The Morgan fingerprint density at radius 3 is 2.42 bits per heavy atom. The molecule has 0 heterocycles. The smallest absolute Gasteiger partial charge is 0.426 e. The first kappa shape index (κ1) is 22.7. The number of benzene rings is 2. The molecule has 4 nitrogen and oxygen atoms in total. The molecule has 8 heteroatoms. The topological polar surface area (TPSA) is 59.3 Å². The summed E-state index contributed by atoms with van der Waals surface area (Å²) in [6.07, 6.45) is -5.07. The zero-order valence-corrected chi connectivity index (χ0v) is 17.4. The number of nitriles is 1. The molecule has 2 aromatic rings. The number of carbonyl (C=O) groups is 1. The summed E-state index contributed by atoms with van der Waals surface area (Å²) in [6.45, 7) is 3.30. The Kier molecular flexibility index (Phi) is 6.33. The molecule has 1 aliphatic carbocycles. The van der Waals surface area contributed by atoms with E-state index in [-0.39, 0.29) is 0 Å². The minimum Gasteiger partial charge on any atom is -0.457 e. The van der Waals surface area contributed by atoms with Crippen LogP contribution in [0.3, 0.4) is 0 Å². The highest BCUT2D eigenvalue weighted by atomic mass is 35.5. The third-order valence-corrected chi connectivity index (χ3v) is 5.59.